The molecule has 0 spiro atoms. The number of benzene rings is 2. The van der Waals surface area contributed by atoms with E-state index in [-0.39, 0.29) is 11.5 Å². The SMILES string of the molecule is N#Cc1ccc(NCc2ccc(Oc3ccc(F)cc3)cc2)nn1. The molecule has 0 aliphatic heterocycles. The smallest absolute Gasteiger partial charge is 0.163 e. The first-order chi connectivity index (χ1) is 11.7. The third-order valence-electron chi connectivity index (χ3n) is 3.23. The Bertz CT molecular complexity index is 840. The maximum absolute atomic E-state index is 12.9. The van der Waals surface area contributed by atoms with Crippen molar-refractivity contribution in [1.82, 2.24) is 10.2 Å². The zero-order valence-electron chi connectivity index (χ0n) is 12.6. The van der Waals surface area contributed by atoms with Crippen LogP contribution in [0.1, 0.15) is 11.3 Å². The summed E-state index contributed by atoms with van der Waals surface area (Å²) in [5.41, 5.74) is 1.32. The molecule has 0 saturated heterocycles. The lowest BCUT2D eigenvalue weighted by Crippen LogP contribution is -2.02. The van der Waals surface area contributed by atoms with Crippen LogP contribution in [-0.4, -0.2) is 10.2 Å². The van der Waals surface area contributed by atoms with Crippen molar-refractivity contribution in [2.45, 2.75) is 6.54 Å². The summed E-state index contributed by atoms with van der Waals surface area (Å²) in [6, 6.07) is 18.6. The number of rotatable bonds is 5. The van der Waals surface area contributed by atoms with Gasteiger partial charge in [0.05, 0.1) is 0 Å². The second kappa shape index (κ2) is 7.20. The highest BCUT2D eigenvalue weighted by Gasteiger charge is 2.00. The van der Waals surface area contributed by atoms with Crippen molar-refractivity contribution in [3.8, 4) is 17.6 Å². The zero-order valence-corrected chi connectivity index (χ0v) is 12.6. The van der Waals surface area contributed by atoms with Gasteiger partial charge in [-0.05, 0) is 54.1 Å². The molecular formula is C18H13FN4O. The Kier molecular flexibility index (Phi) is 4.63. The second-order valence-corrected chi connectivity index (χ2v) is 4.97. The van der Waals surface area contributed by atoms with Crippen molar-refractivity contribution < 1.29 is 9.13 Å². The standard InChI is InChI=1S/C18H13FN4O/c19-14-3-8-17(9-4-14)24-16-6-1-13(2-7-16)12-21-18-10-5-15(11-20)22-23-18/h1-10H,12H2,(H,21,23). The first kappa shape index (κ1) is 15.4. The number of hydrogen-bond acceptors (Lipinski definition) is 5. The van der Waals surface area contributed by atoms with Crippen LogP contribution in [0.15, 0.2) is 60.7 Å². The number of anilines is 1. The van der Waals surface area contributed by atoms with Gasteiger partial charge in [-0.2, -0.15) is 5.26 Å². The third-order valence-corrected chi connectivity index (χ3v) is 3.23. The molecule has 0 aliphatic rings. The minimum atomic E-state index is -0.297. The molecular weight excluding hydrogens is 307 g/mol. The number of aromatic nitrogens is 2. The van der Waals surface area contributed by atoms with E-state index in [1.165, 1.54) is 12.1 Å². The number of nitrogens with one attached hydrogen (secondary N) is 1. The maximum atomic E-state index is 12.9. The van der Waals surface area contributed by atoms with Gasteiger partial charge in [-0.1, -0.05) is 12.1 Å². The van der Waals surface area contributed by atoms with Gasteiger partial charge in [0.2, 0.25) is 0 Å². The highest BCUT2D eigenvalue weighted by Crippen LogP contribution is 2.22. The number of nitriles is 1. The summed E-state index contributed by atoms with van der Waals surface area (Å²) in [6.45, 7) is 0.567. The number of hydrogen-bond donors (Lipinski definition) is 1. The van der Waals surface area contributed by atoms with Gasteiger partial charge in [0, 0.05) is 6.54 Å². The van der Waals surface area contributed by atoms with Gasteiger partial charge in [-0.15, -0.1) is 10.2 Å². The molecule has 2 aromatic carbocycles. The summed E-state index contributed by atoms with van der Waals surface area (Å²) in [5, 5.41) is 19.5. The molecule has 1 heterocycles. The Labute approximate surface area is 138 Å². The van der Waals surface area contributed by atoms with Crippen molar-refractivity contribution in [2.24, 2.45) is 0 Å². The lowest BCUT2D eigenvalue weighted by atomic mass is 10.2. The molecule has 118 valence electrons. The fourth-order valence-corrected chi connectivity index (χ4v) is 1.99. The Morgan fingerprint density at radius 2 is 1.58 bits per heavy atom. The van der Waals surface area contributed by atoms with Crippen molar-refractivity contribution in [3.63, 3.8) is 0 Å². The predicted octanol–water partition coefficient (Wildman–Crippen LogP) is 3.89. The van der Waals surface area contributed by atoms with Gasteiger partial charge in [-0.3, -0.25) is 0 Å². The summed E-state index contributed by atoms with van der Waals surface area (Å²) in [4.78, 5) is 0. The van der Waals surface area contributed by atoms with Gasteiger partial charge >= 0.3 is 0 Å². The van der Waals surface area contributed by atoms with Crippen LogP contribution in [-0.2, 0) is 6.54 Å². The number of ether oxygens (including phenoxy) is 1. The van der Waals surface area contributed by atoms with Crippen LogP contribution in [0, 0.1) is 17.1 Å². The summed E-state index contributed by atoms with van der Waals surface area (Å²) >= 11 is 0. The van der Waals surface area contributed by atoms with Crippen LogP contribution in [0.25, 0.3) is 0 Å². The summed E-state index contributed by atoms with van der Waals surface area (Å²) in [6.07, 6.45) is 0. The fraction of sp³-hybridized carbons (Fsp3) is 0.0556. The highest BCUT2D eigenvalue weighted by molar-refractivity contribution is 5.38. The highest BCUT2D eigenvalue weighted by atomic mass is 19.1. The molecule has 3 aromatic rings. The van der Waals surface area contributed by atoms with E-state index >= 15 is 0 Å². The molecule has 0 saturated carbocycles. The first-order valence-corrected chi connectivity index (χ1v) is 7.23. The summed E-state index contributed by atoms with van der Waals surface area (Å²) in [7, 11) is 0. The predicted molar refractivity (Wildman–Crippen MR) is 87.0 cm³/mol. The van der Waals surface area contributed by atoms with Crippen molar-refractivity contribution in [3.05, 3.63) is 77.7 Å². The molecule has 0 amide bonds. The van der Waals surface area contributed by atoms with Crippen molar-refractivity contribution in [2.75, 3.05) is 5.32 Å². The molecule has 0 fully saturated rings. The molecule has 24 heavy (non-hydrogen) atoms. The van der Waals surface area contributed by atoms with Crippen LogP contribution >= 0.6 is 0 Å². The average molecular weight is 320 g/mol. The maximum Gasteiger partial charge on any atom is 0.163 e. The Hall–Kier alpha value is -3.46. The summed E-state index contributed by atoms with van der Waals surface area (Å²) < 4.78 is 18.5. The van der Waals surface area contributed by atoms with Gasteiger partial charge in [0.15, 0.2) is 5.69 Å². The normalized spacial score (nSPS) is 10.0. The van der Waals surface area contributed by atoms with Gasteiger partial charge < -0.3 is 10.1 Å². The van der Waals surface area contributed by atoms with Crippen molar-refractivity contribution in [1.29, 1.82) is 5.26 Å². The van der Waals surface area contributed by atoms with Crippen LogP contribution in [0.4, 0.5) is 10.2 Å². The molecule has 3 rings (SSSR count). The molecule has 0 aliphatic carbocycles. The minimum absolute atomic E-state index is 0.280. The Morgan fingerprint density at radius 1 is 0.917 bits per heavy atom. The number of nitrogens with zero attached hydrogens (tertiary/aromatic N) is 3. The van der Waals surface area contributed by atoms with Gasteiger partial charge in [0.25, 0.3) is 0 Å². The van der Waals surface area contributed by atoms with Gasteiger partial charge in [0.1, 0.15) is 29.2 Å². The number of halogens is 1. The average Bonchev–Trinajstić information content (AvgIpc) is 2.63. The van der Waals surface area contributed by atoms with Crippen LogP contribution in [0.2, 0.25) is 0 Å². The molecule has 6 heteroatoms. The third kappa shape index (κ3) is 4.05. The monoisotopic (exact) mass is 320 g/mol. The van der Waals surface area contributed by atoms with Crippen LogP contribution in [0.3, 0.4) is 0 Å². The Morgan fingerprint density at radius 3 is 2.17 bits per heavy atom. The largest absolute Gasteiger partial charge is 0.457 e. The molecule has 1 N–H and O–H groups in total. The second-order valence-electron chi connectivity index (χ2n) is 4.97. The molecule has 0 bridgehead atoms. The van der Waals surface area contributed by atoms with Crippen LogP contribution in [0.5, 0.6) is 11.5 Å². The topological polar surface area (TPSA) is 70.8 Å². The van der Waals surface area contributed by atoms with E-state index in [0.717, 1.165) is 5.56 Å². The zero-order chi connectivity index (χ0) is 16.8. The van der Waals surface area contributed by atoms with E-state index in [9.17, 15) is 4.39 Å². The van der Waals surface area contributed by atoms with Crippen molar-refractivity contribution >= 4 is 5.82 Å². The van der Waals surface area contributed by atoms with E-state index in [1.807, 2.05) is 30.3 Å². The minimum Gasteiger partial charge on any atom is -0.457 e. The lowest BCUT2D eigenvalue weighted by molar-refractivity contribution is 0.480. The van der Waals surface area contributed by atoms with Gasteiger partial charge in [-0.25, -0.2) is 4.39 Å². The van der Waals surface area contributed by atoms with E-state index in [4.69, 9.17) is 10.00 Å². The Balaban J connectivity index is 1.57. The molecule has 0 radical (unpaired) electrons. The summed E-state index contributed by atoms with van der Waals surface area (Å²) in [5.74, 6) is 1.55. The van der Waals surface area contributed by atoms with E-state index in [0.29, 0.717) is 23.9 Å². The first-order valence-electron chi connectivity index (χ1n) is 7.23. The molecule has 0 atom stereocenters. The van der Waals surface area contributed by atoms with Crippen LogP contribution < -0.4 is 10.1 Å². The van der Waals surface area contributed by atoms with E-state index in [1.54, 1.807) is 24.3 Å². The van der Waals surface area contributed by atoms with E-state index < -0.39 is 0 Å². The fourth-order valence-electron chi connectivity index (χ4n) is 1.99. The quantitative estimate of drug-likeness (QED) is 0.772. The van der Waals surface area contributed by atoms with E-state index in [2.05, 4.69) is 15.5 Å². The molecule has 0 unspecified atom stereocenters. The molecule has 1 aromatic heterocycles. The molecule has 5 nitrogen and oxygen atoms in total. The lowest BCUT2D eigenvalue weighted by Gasteiger charge is -2.08.